The summed E-state index contributed by atoms with van der Waals surface area (Å²) in [4.78, 5) is 31.7. The van der Waals surface area contributed by atoms with Gasteiger partial charge < -0.3 is 15.4 Å². The van der Waals surface area contributed by atoms with E-state index < -0.39 is 5.25 Å². The number of nitrogens with one attached hydrogen (secondary N) is 2. The zero-order valence-electron chi connectivity index (χ0n) is 20.8. The number of thioether (sulfide) groups is 1. The lowest BCUT2D eigenvalue weighted by Gasteiger charge is -2.17. The third-order valence-electron chi connectivity index (χ3n) is 5.81. The van der Waals surface area contributed by atoms with Crippen LogP contribution in [0.4, 0.5) is 10.8 Å². The number of hydrogen-bond acceptors (Lipinski definition) is 6. The molecule has 4 aromatic carbocycles. The van der Waals surface area contributed by atoms with Crippen LogP contribution in [0.1, 0.15) is 26.7 Å². The molecular weight excluding hydrogens is 514 g/mol. The Kier molecular flexibility index (Phi) is 7.72. The molecule has 2 amide bonds. The summed E-state index contributed by atoms with van der Waals surface area (Å²) in [5.74, 6) is 0.300. The number of aromatic nitrogens is 1. The van der Waals surface area contributed by atoms with Gasteiger partial charge in [-0.25, -0.2) is 4.98 Å². The van der Waals surface area contributed by atoms with E-state index in [1.54, 1.807) is 31.4 Å². The standard InChI is InChI=1S/C30H25N3O3S2/c1-19-11-16-25-26(17-19)38-30(32-25)33-29(35)27(20-7-4-3-5-8-20)37-24-10-6-9-22(18-24)31-28(34)21-12-14-23(36-2)15-13-21/h3-18,27H,1-2H3,(H,31,34)(H,32,33,35). The first-order chi connectivity index (χ1) is 18.5. The largest absolute Gasteiger partial charge is 0.497 e. The molecule has 190 valence electrons. The molecule has 1 atom stereocenters. The summed E-state index contributed by atoms with van der Waals surface area (Å²) < 4.78 is 6.19. The molecule has 1 aromatic heterocycles. The Balaban J connectivity index is 1.35. The number of carbonyl (C=O) groups excluding carboxylic acids is 2. The van der Waals surface area contributed by atoms with E-state index in [1.807, 2.05) is 73.7 Å². The van der Waals surface area contributed by atoms with Gasteiger partial charge in [0.25, 0.3) is 5.91 Å². The van der Waals surface area contributed by atoms with Crippen LogP contribution in [0.25, 0.3) is 10.2 Å². The Morgan fingerprint density at radius 2 is 1.68 bits per heavy atom. The molecule has 0 aliphatic carbocycles. The molecule has 0 saturated heterocycles. The SMILES string of the molecule is COc1ccc(C(=O)Nc2cccc(SC(C(=O)Nc3nc4ccc(C)cc4s3)c3ccccc3)c2)cc1. The molecule has 5 aromatic rings. The first-order valence-electron chi connectivity index (χ1n) is 11.9. The summed E-state index contributed by atoms with van der Waals surface area (Å²) in [7, 11) is 1.58. The number of ether oxygens (including phenoxy) is 1. The van der Waals surface area contributed by atoms with E-state index in [4.69, 9.17) is 4.74 Å². The number of anilines is 2. The molecule has 1 heterocycles. The first-order valence-corrected chi connectivity index (χ1v) is 13.6. The smallest absolute Gasteiger partial charge is 0.255 e. The van der Waals surface area contributed by atoms with Gasteiger partial charge in [0.1, 0.15) is 11.0 Å². The van der Waals surface area contributed by atoms with Crippen LogP contribution < -0.4 is 15.4 Å². The van der Waals surface area contributed by atoms with Gasteiger partial charge >= 0.3 is 0 Å². The van der Waals surface area contributed by atoms with Crippen molar-refractivity contribution in [3.05, 3.63) is 114 Å². The van der Waals surface area contributed by atoms with E-state index in [-0.39, 0.29) is 11.8 Å². The van der Waals surface area contributed by atoms with Crippen LogP contribution in [0, 0.1) is 6.92 Å². The molecular formula is C30H25N3O3S2. The molecule has 0 aliphatic heterocycles. The molecule has 0 aliphatic rings. The van der Waals surface area contributed by atoms with Gasteiger partial charge in [-0.2, -0.15) is 0 Å². The van der Waals surface area contributed by atoms with Crippen molar-refractivity contribution in [2.24, 2.45) is 0 Å². The number of methoxy groups -OCH3 is 1. The molecule has 5 rings (SSSR count). The van der Waals surface area contributed by atoms with Crippen molar-refractivity contribution in [1.29, 1.82) is 0 Å². The van der Waals surface area contributed by atoms with Gasteiger partial charge in [-0.05, 0) is 72.6 Å². The van der Waals surface area contributed by atoms with Crippen LogP contribution in [0.2, 0.25) is 0 Å². The zero-order valence-corrected chi connectivity index (χ0v) is 22.4. The number of fused-ring (bicyclic) bond motifs is 1. The molecule has 0 bridgehead atoms. The zero-order chi connectivity index (χ0) is 26.5. The first kappa shape index (κ1) is 25.5. The predicted molar refractivity (Wildman–Crippen MR) is 155 cm³/mol. The van der Waals surface area contributed by atoms with Crippen molar-refractivity contribution in [3.63, 3.8) is 0 Å². The van der Waals surface area contributed by atoms with Crippen LogP contribution in [0.5, 0.6) is 5.75 Å². The van der Waals surface area contributed by atoms with Gasteiger partial charge in [-0.1, -0.05) is 53.8 Å². The number of amides is 2. The van der Waals surface area contributed by atoms with Crippen LogP contribution >= 0.6 is 23.1 Å². The van der Waals surface area contributed by atoms with Gasteiger partial charge in [-0.15, -0.1) is 11.8 Å². The molecule has 6 nitrogen and oxygen atoms in total. The normalized spacial score (nSPS) is 11.6. The highest BCUT2D eigenvalue weighted by molar-refractivity contribution is 8.00. The summed E-state index contributed by atoms with van der Waals surface area (Å²) >= 11 is 2.88. The minimum absolute atomic E-state index is 0.162. The van der Waals surface area contributed by atoms with Gasteiger partial charge in [0.2, 0.25) is 5.91 Å². The van der Waals surface area contributed by atoms with E-state index in [0.29, 0.717) is 22.1 Å². The van der Waals surface area contributed by atoms with Crippen molar-refractivity contribution in [2.75, 3.05) is 17.7 Å². The van der Waals surface area contributed by atoms with Crippen LogP contribution in [-0.4, -0.2) is 23.9 Å². The second kappa shape index (κ2) is 11.5. The Bertz CT molecular complexity index is 1580. The highest BCUT2D eigenvalue weighted by Gasteiger charge is 2.23. The molecule has 0 spiro atoms. The van der Waals surface area contributed by atoms with Crippen LogP contribution in [-0.2, 0) is 4.79 Å². The van der Waals surface area contributed by atoms with Crippen LogP contribution in [0.3, 0.4) is 0 Å². The Hall–Kier alpha value is -4.14. The van der Waals surface area contributed by atoms with E-state index in [2.05, 4.69) is 21.7 Å². The second-order valence-electron chi connectivity index (χ2n) is 8.60. The molecule has 0 saturated carbocycles. The predicted octanol–water partition coefficient (Wildman–Crippen LogP) is 7.34. The molecule has 38 heavy (non-hydrogen) atoms. The van der Waals surface area contributed by atoms with Crippen molar-refractivity contribution in [2.45, 2.75) is 17.1 Å². The van der Waals surface area contributed by atoms with E-state index in [9.17, 15) is 9.59 Å². The fourth-order valence-electron chi connectivity index (χ4n) is 3.89. The van der Waals surface area contributed by atoms with Crippen molar-refractivity contribution < 1.29 is 14.3 Å². The fourth-order valence-corrected chi connectivity index (χ4v) is 5.94. The van der Waals surface area contributed by atoms with Gasteiger partial charge in [0, 0.05) is 16.1 Å². The summed E-state index contributed by atoms with van der Waals surface area (Å²) in [5.41, 5.74) is 4.05. The Labute approximate surface area is 229 Å². The minimum atomic E-state index is -0.516. The molecule has 0 radical (unpaired) electrons. The fraction of sp³-hybridized carbons (Fsp3) is 0.100. The quantitative estimate of drug-likeness (QED) is 0.202. The van der Waals surface area contributed by atoms with Crippen LogP contribution in [0.15, 0.2) is 102 Å². The van der Waals surface area contributed by atoms with Crippen molar-refractivity contribution >= 4 is 55.9 Å². The third kappa shape index (κ3) is 6.04. The molecule has 0 fully saturated rings. The molecule has 8 heteroatoms. The van der Waals surface area contributed by atoms with Crippen molar-refractivity contribution in [1.82, 2.24) is 4.98 Å². The number of thiazole rings is 1. The highest BCUT2D eigenvalue weighted by atomic mass is 32.2. The average Bonchev–Trinajstić information content (AvgIpc) is 3.33. The van der Waals surface area contributed by atoms with E-state index in [0.717, 1.165) is 26.2 Å². The minimum Gasteiger partial charge on any atom is -0.497 e. The van der Waals surface area contributed by atoms with E-state index in [1.165, 1.54) is 23.1 Å². The summed E-state index contributed by atoms with van der Waals surface area (Å²) in [6, 6.07) is 30.1. The number of carbonyl (C=O) groups is 2. The topological polar surface area (TPSA) is 80.3 Å². The number of rotatable bonds is 8. The average molecular weight is 540 g/mol. The summed E-state index contributed by atoms with van der Waals surface area (Å²) in [6.07, 6.45) is 0. The molecule has 1 unspecified atom stereocenters. The number of nitrogens with zero attached hydrogens (tertiary/aromatic N) is 1. The van der Waals surface area contributed by atoms with Gasteiger partial charge in [-0.3, -0.25) is 9.59 Å². The maximum atomic E-state index is 13.5. The van der Waals surface area contributed by atoms with Gasteiger partial charge in [0.05, 0.1) is 17.3 Å². The Morgan fingerprint density at radius 1 is 0.895 bits per heavy atom. The van der Waals surface area contributed by atoms with Gasteiger partial charge in [0.15, 0.2) is 5.13 Å². The number of hydrogen-bond donors (Lipinski definition) is 2. The maximum absolute atomic E-state index is 13.5. The lowest BCUT2D eigenvalue weighted by Crippen LogP contribution is -2.19. The summed E-state index contributed by atoms with van der Waals surface area (Å²) in [6.45, 7) is 2.03. The summed E-state index contributed by atoms with van der Waals surface area (Å²) in [5, 5.41) is 6.00. The van der Waals surface area contributed by atoms with E-state index >= 15 is 0 Å². The lowest BCUT2D eigenvalue weighted by atomic mass is 10.1. The molecule has 2 N–H and O–H groups in total. The van der Waals surface area contributed by atoms with Crippen molar-refractivity contribution in [3.8, 4) is 5.75 Å². The maximum Gasteiger partial charge on any atom is 0.255 e. The number of benzene rings is 4. The number of aryl methyl sites for hydroxylation is 1. The third-order valence-corrected chi connectivity index (χ3v) is 7.99. The lowest BCUT2D eigenvalue weighted by molar-refractivity contribution is -0.115. The highest BCUT2D eigenvalue weighted by Crippen LogP contribution is 2.38. The monoisotopic (exact) mass is 539 g/mol. The second-order valence-corrected chi connectivity index (χ2v) is 10.8. The Morgan fingerprint density at radius 3 is 2.45 bits per heavy atom.